The van der Waals surface area contributed by atoms with Crippen molar-refractivity contribution in [3.63, 3.8) is 0 Å². The zero-order valence-electron chi connectivity index (χ0n) is 35.8. The van der Waals surface area contributed by atoms with Crippen molar-refractivity contribution in [3.05, 3.63) is 24.8 Å². The van der Waals surface area contributed by atoms with Crippen LogP contribution in [-0.2, 0) is 38.9 Å². The van der Waals surface area contributed by atoms with Crippen LogP contribution < -0.4 is 20.7 Å². The lowest BCUT2D eigenvalue weighted by molar-refractivity contribution is -0.144. The Morgan fingerprint density at radius 1 is 0.847 bits per heavy atom. The summed E-state index contributed by atoms with van der Waals surface area (Å²) in [7, 11) is -4.12. The number of fused-ring (bicyclic) bond motifs is 1. The van der Waals surface area contributed by atoms with Crippen molar-refractivity contribution in [1.29, 1.82) is 0 Å². The third kappa shape index (κ3) is 7.45. The fourth-order valence-corrected chi connectivity index (χ4v) is 13.2. The van der Waals surface area contributed by atoms with Crippen molar-refractivity contribution < 1.29 is 37.1 Å². The van der Waals surface area contributed by atoms with Gasteiger partial charge in [0.2, 0.25) is 23.6 Å². The third-order valence-corrected chi connectivity index (χ3v) is 17.4. The molecular formula is C43H67N7O8S. The number of nitrogens with zero attached hydrogens (tertiary/aromatic N) is 3. The molecule has 0 aromatic rings. The van der Waals surface area contributed by atoms with Gasteiger partial charge in [0.25, 0.3) is 5.91 Å². The second-order valence-corrected chi connectivity index (χ2v) is 21.1. The first-order chi connectivity index (χ1) is 27.9. The molecule has 0 bridgehead atoms. The monoisotopic (exact) mass is 841 g/mol. The van der Waals surface area contributed by atoms with E-state index in [2.05, 4.69) is 66.4 Å². The summed E-state index contributed by atoms with van der Waals surface area (Å²) in [5, 5.41) is 8.97. The van der Waals surface area contributed by atoms with Crippen molar-refractivity contribution in [2.45, 2.75) is 147 Å². The van der Waals surface area contributed by atoms with Gasteiger partial charge in [-0.2, -0.15) is 12.7 Å². The van der Waals surface area contributed by atoms with Gasteiger partial charge in [-0.25, -0.2) is 4.72 Å². The molecule has 7 aliphatic rings. The molecule has 0 aromatic carbocycles. The lowest BCUT2D eigenvalue weighted by atomic mass is 9.73. The summed E-state index contributed by atoms with van der Waals surface area (Å²) in [6.45, 7) is 20.7. The van der Waals surface area contributed by atoms with E-state index in [9.17, 15) is 27.6 Å². The highest BCUT2D eigenvalue weighted by atomic mass is 32.2. The number of amides is 5. The van der Waals surface area contributed by atoms with Crippen LogP contribution in [0.4, 0.5) is 0 Å². The topological polar surface area (TPSA) is 187 Å². The molecule has 3 saturated carbocycles. The second-order valence-electron chi connectivity index (χ2n) is 19.4. The molecule has 2 spiro atoms. The van der Waals surface area contributed by atoms with Crippen LogP contribution in [0.25, 0.3) is 0 Å². The molecule has 5 amide bonds. The zero-order valence-corrected chi connectivity index (χ0v) is 36.6. The number of carbonyl (C=O) groups excluding carboxylic acids is 5. The summed E-state index contributed by atoms with van der Waals surface area (Å²) < 4.78 is 35.5. The Labute approximate surface area is 350 Å². The second kappa shape index (κ2) is 16.2. The summed E-state index contributed by atoms with van der Waals surface area (Å²) in [5.41, 5.74) is -1.66. The van der Waals surface area contributed by atoms with Gasteiger partial charge >= 0.3 is 10.2 Å². The number of rotatable bonds is 14. The molecule has 7 rings (SSSR count). The van der Waals surface area contributed by atoms with Crippen LogP contribution in [-0.4, -0.2) is 127 Å². The normalized spacial score (nSPS) is 32.5. The highest BCUT2D eigenvalue weighted by Gasteiger charge is 2.85. The fraction of sp³-hybridized carbons (Fsp3) is 0.791. The van der Waals surface area contributed by atoms with Crippen LogP contribution in [0.3, 0.4) is 0 Å². The van der Waals surface area contributed by atoms with E-state index in [1.165, 1.54) is 4.31 Å². The Kier molecular flexibility index (Phi) is 12.0. The average Bonchev–Trinajstić information content (AvgIpc) is 3.64. The SMILES string of the molecule is C=C[C@@H]1C[C@]1(NC(=O)C1C[C@@]2(CN1C(=O)[C@@H](NC(=O)[C@@H](NC(=O)[C@@H]1CCCCN1C(C)C)C(=C)C)C1CCOCC1)C(C)(C)C21CCC1)C(=O)NS(=O)(=O)N1CCCC1. The summed E-state index contributed by atoms with van der Waals surface area (Å²) in [6, 6.07) is -3.32. The van der Waals surface area contributed by atoms with E-state index in [0.29, 0.717) is 76.9 Å². The molecule has 7 atom stereocenters. The molecule has 4 N–H and O–H groups in total. The van der Waals surface area contributed by atoms with Gasteiger partial charge in [0, 0.05) is 50.2 Å². The number of hydrogen-bond acceptors (Lipinski definition) is 9. The third-order valence-electron chi connectivity index (χ3n) is 15.9. The summed E-state index contributed by atoms with van der Waals surface area (Å²) in [4.78, 5) is 75.8. The molecule has 1 unspecified atom stereocenters. The number of ether oxygens (including phenoxy) is 1. The Morgan fingerprint density at radius 2 is 1.51 bits per heavy atom. The van der Waals surface area contributed by atoms with Gasteiger partial charge < -0.3 is 25.6 Å². The Morgan fingerprint density at radius 3 is 2.07 bits per heavy atom. The molecule has 4 aliphatic heterocycles. The molecule has 328 valence electrons. The van der Waals surface area contributed by atoms with Gasteiger partial charge in [0.05, 0.1) is 6.04 Å². The highest BCUT2D eigenvalue weighted by molar-refractivity contribution is 7.87. The molecule has 7 fully saturated rings. The van der Waals surface area contributed by atoms with Crippen LogP contribution in [0.2, 0.25) is 0 Å². The van der Waals surface area contributed by atoms with Gasteiger partial charge in [0.1, 0.15) is 23.7 Å². The van der Waals surface area contributed by atoms with Crippen LogP contribution in [0.5, 0.6) is 0 Å². The van der Waals surface area contributed by atoms with Crippen molar-refractivity contribution in [3.8, 4) is 0 Å². The first kappa shape index (κ1) is 43.7. The van der Waals surface area contributed by atoms with Crippen LogP contribution in [0, 0.1) is 28.1 Å². The van der Waals surface area contributed by atoms with E-state index in [0.717, 1.165) is 38.6 Å². The lowest BCUT2D eigenvalue weighted by Gasteiger charge is -2.38. The fourth-order valence-electron chi connectivity index (χ4n) is 12.0. The molecule has 4 heterocycles. The number of nitrogens with one attached hydrogen (secondary N) is 4. The summed E-state index contributed by atoms with van der Waals surface area (Å²) in [5.74, 6) is -3.34. The first-order valence-electron chi connectivity index (χ1n) is 22.0. The molecule has 3 aliphatic carbocycles. The quantitative estimate of drug-likeness (QED) is 0.191. The number of likely N-dealkylation sites (tertiary alicyclic amines) is 2. The maximum atomic E-state index is 15.3. The Hall–Kier alpha value is -3.34. The van der Waals surface area contributed by atoms with Gasteiger partial charge in [-0.3, -0.25) is 28.9 Å². The first-order valence-corrected chi connectivity index (χ1v) is 23.5. The molecule has 15 nitrogen and oxygen atoms in total. The molecule has 0 radical (unpaired) electrons. The number of carbonyl (C=O) groups is 5. The van der Waals surface area contributed by atoms with E-state index in [1.807, 2.05) is 0 Å². The minimum absolute atomic E-state index is 0.0363. The average molecular weight is 842 g/mol. The van der Waals surface area contributed by atoms with Crippen LogP contribution in [0.15, 0.2) is 24.8 Å². The minimum atomic E-state index is -4.12. The van der Waals surface area contributed by atoms with Gasteiger partial charge in [-0.15, -0.1) is 6.58 Å². The van der Waals surface area contributed by atoms with Gasteiger partial charge in [-0.1, -0.05) is 39.3 Å². The smallest absolute Gasteiger partial charge is 0.303 e. The molecular weight excluding hydrogens is 775 g/mol. The number of hydrogen-bond donors (Lipinski definition) is 4. The predicted molar refractivity (Wildman–Crippen MR) is 221 cm³/mol. The van der Waals surface area contributed by atoms with Crippen molar-refractivity contribution in [2.24, 2.45) is 28.1 Å². The minimum Gasteiger partial charge on any atom is -0.381 e. The summed E-state index contributed by atoms with van der Waals surface area (Å²) >= 11 is 0. The van der Waals surface area contributed by atoms with Crippen molar-refractivity contribution >= 4 is 39.7 Å². The zero-order chi connectivity index (χ0) is 42.7. The lowest BCUT2D eigenvalue weighted by Crippen LogP contribution is -2.62. The molecule has 4 saturated heterocycles. The largest absolute Gasteiger partial charge is 0.381 e. The van der Waals surface area contributed by atoms with Crippen molar-refractivity contribution in [1.82, 2.24) is 34.8 Å². The van der Waals surface area contributed by atoms with Crippen LogP contribution in [0.1, 0.15) is 112 Å². The predicted octanol–water partition coefficient (Wildman–Crippen LogP) is 2.54. The van der Waals surface area contributed by atoms with E-state index < -0.39 is 63.4 Å². The Bertz CT molecular complexity index is 1840. The van der Waals surface area contributed by atoms with Crippen LogP contribution >= 0.6 is 0 Å². The Balaban J connectivity index is 1.15. The molecule has 0 aromatic heterocycles. The number of piperidine rings is 1. The van der Waals surface area contributed by atoms with Crippen molar-refractivity contribution in [2.75, 3.05) is 39.4 Å². The maximum Gasteiger partial charge on any atom is 0.303 e. The highest BCUT2D eigenvalue weighted by Crippen LogP contribution is 2.88. The summed E-state index contributed by atoms with van der Waals surface area (Å²) in [6.07, 6.45) is 10.2. The van der Waals surface area contributed by atoms with Gasteiger partial charge in [0.15, 0.2) is 0 Å². The standard InChI is InChI=1S/C43H67N7O8S/c1-8-30-24-43(30,39(55)47-59(56,57)48-19-11-12-20-48)46-36(52)32-25-42(40(6,7)41(42)17-13-18-41)26-50(32)38(54)34(29-15-22-58-23-16-29)45-37(53)33(27(2)3)44-35(51)31-14-9-10-21-49(31)28(4)5/h8,28-34H,1-2,9-26H2,3-7H3,(H,44,51)(H,45,53)(H,46,52)(H,47,55)/t30-,31+,32?,33+,34+,42-,43-/m1/s1. The van der Waals surface area contributed by atoms with Gasteiger partial charge in [-0.05, 0) is 114 Å². The van der Waals surface area contributed by atoms with E-state index in [4.69, 9.17) is 4.74 Å². The van der Waals surface area contributed by atoms with E-state index in [-0.39, 0.29) is 46.6 Å². The maximum absolute atomic E-state index is 15.3. The van der Waals surface area contributed by atoms with E-state index in [1.54, 1.807) is 17.9 Å². The molecule has 59 heavy (non-hydrogen) atoms. The molecule has 16 heteroatoms. The van der Waals surface area contributed by atoms with E-state index >= 15 is 4.79 Å².